The summed E-state index contributed by atoms with van der Waals surface area (Å²) in [5.74, 6) is -0.610. The van der Waals surface area contributed by atoms with Crippen molar-refractivity contribution in [3.05, 3.63) is 39.5 Å². The minimum atomic E-state index is -0.325. The van der Waals surface area contributed by atoms with Gasteiger partial charge in [-0.15, -0.1) is 0 Å². The van der Waals surface area contributed by atoms with Gasteiger partial charge in [-0.2, -0.15) is 0 Å². The molecule has 6 nitrogen and oxygen atoms in total. The first kappa shape index (κ1) is 22.1. The van der Waals surface area contributed by atoms with E-state index < -0.39 is 0 Å². The molecule has 0 spiro atoms. The molecule has 29 heavy (non-hydrogen) atoms. The van der Waals surface area contributed by atoms with Crippen molar-refractivity contribution in [1.29, 1.82) is 0 Å². The zero-order chi connectivity index (χ0) is 20.8. The highest BCUT2D eigenvalue weighted by Crippen LogP contribution is 2.36. The van der Waals surface area contributed by atoms with E-state index in [-0.39, 0.29) is 11.8 Å². The van der Waals surface area contributed by atoms with Crippen LogP contribution in [-0.2, 0) is 19.1 Å². The minimum absolute atomic E-state index is 0.286. The molecular formula is C21H26Cl2N2O4. The molecular weight excluding hydrogens is 415 g/mol. The largest absolute Gasteiger partial charge is 0.381 e. The van der Waals surface area contributed by atoms with E-state index in [1.54, 1.807) is 18.2 Å². The molecule has 158 valence electrons. The van der Waals surface area contributed by atoms with Crippen molar-refractivity contribution in [1.82, 2.24) is 9.80 Å². The minimum Gasteiger partial charge on any atom is -0.381 e. The van der Waals surface area contributed by atoms with Gasteiger partial charge in [0.2, 0.25) is 0 Å². The van der Waals surface area contributed by atoms with Crippen LogP contribution in [0.15, 0.2) is 23.9 Å². The van der Waals surface area contributed by atoms with Crippen LogP contribution in [0.2, 0.25) is 10.0 Å². The van der Waals surface area contributed by atoms with E-state index in [2.05, 4.69) is 6.92 Å². The lowest BCUT2D eigenvalue weighted by Crippen LogP contribution is -2.40. The number of amides is 2. The number of rotatable bonds is 9. The number of carbonyl (C=O) groups excluding carboxylic acids is 2. The number of carbonyl (C=O) groups is 2. The molecule has 2 aliphatic rings. The van der Waals surface area contributed by atoms with Crippen molar-refractivity contribution in [2.24, 2.45) is 0 Å². The van der Waals surface area contributed by atoms with Crippen LogP contribution >= 0.6 is 23.2 Å². The van der Waals surface area contributed by atoms with E-state index >= 15 is 0 Å². The molecule has 8 heteroatoms. The number of imide groups is 1. The predicted molar refractivity (Wildman–Crippen MR) is 113 cm³/mol. The average Bonchev–Trinajstić information content (AvgIpc) is 2.95. The second-order valence-electron chi connectivity index (χ2n) is 7.03. The lowest BCUT2D eigenvalue weighted by atomic mass is 10.0. The normalized spacial score (nSPS) is 17.6. The Balaban J connectivity index is 1.83. The van der Waals surface area contributed by atoms with Gasteiger partial charge >= 0.3 is 0 Å². The van der Waals surface area contributed by atoms with Gasteiger partial charge in [-0.1, -0.05) is 42.6 Å². The van der Waals surface area contributed by atoms with Crippen LogP contribution in [0.5, 0.6) is 0 Å². The average molecular weight is 441 g/mol. The molecule has 0 radical (unpaired) electrons. The highest BCUT2D eigenvalue weighted by molar-refractivity contribution is 6.41. The molecule has 1 saturated heterocycles. The second kappa shape index (κ2) is 10.4. The Morgan fingerprint density at radius 2 is 1.79 bits per heavy atom. The van der Waals surface area contributed by atoms with Crippen LogP contribution in [-0.4, -0.2) is 67.7 Å². The van der Waals surface area contributed by atoms with Gasteiger partial charge in [-0.05, 0) is 25.0 Å². The van der Waals surface area contributed by atoms with E-state index in [1.807, 2.05) is 4.90 Å². The Morgan fingerprint density at radius 1 is 1.07 bits per heavy atom. The van der Waals surface area contributed by atoms with Gasteiger partial charge in [0.1, 0.15) is 5.70 Å². The van der Waals surface area contributed by atoms with Gasteiger partial charge < -0.3 is 14.4 Å². The third kappa shape index (κ3) is 5.12. The van der Waals surface area contributed by atoms with E-state index in [1.165, 1.54) is 4.90 Å². The Bertz CT molecular complexity index is 791. The zero-order valence-corrected chi connectivity index (χ0v) is 18.1. The molecule has 0 aliphatic carbocycles. The maximum absolute atomic E-state index is 13.2. The molecule has 1 aromatic rings. The molecule has 2 aliphatic heterocycles. The lowest BCUT2D eigenvalue weighted by Gasteiger charge is -2.29. The lowest BCUT2D eigenvalue weighted by molar-refractivity contribution is -0.138. The Kier molecular flexibility index (Phi) is 7.95. The van der Waals surface area contributed by atoms with Gasteiger partial charge in [-0.25, -0.2) is 0 Å². The Morgan fingerprint density at radius 3 is 2.48 bits per heavy atom. The first-order valence-electron chi connectivity index (χ1n) is 10.0. The van der Waals surface area contributed by atoms with Crippen LogP contribution in [0.3, 0.4) is 0 Å². The third-order valence-electron chi connectivity index (χ3n) is 4.98. The third-order valence-corrected chi connectivity index (χ3v) is 5.53. The summed E-state index contributed by atoms with van der Waals surface area (Å²) in [5.41, 5.74) is 1.26. The predicted octanol–water partition coefficient (Wildman–Crippen LogP) is 3.61. The Labute approximate surface area is 181 Å². The van der Waals surface area contributed by atoms with E-state index in [0.29, 0.717) is 79.4 Å². The second-order valence-corrected chi connectivity index (χ2v) is 7.87. The molecule has 2 amide bonds. The van der Waals surface area contributed by atoms with Crippen molar-refractivity contribution in [2.75, 3.05) is 46.1 Å². The summed E-state index contributed by atoms with van der Waals surface area (Å²) in [6.07, 6.45) is 2.67. The summed E-state index contributed by atoms with van der Waals surface area (Å²) in [6.45, 7) is 5.76. The van der Waals surface area contributed by atoms with Crippen LogP contribution in [0.1, 0.15) is 31.7 Å². The number of hydrogen-bond acceptors (Lipinski definition) is 5. The van der Waals surface area contributed by atoms with Crippen LogP contribution in [0.4, 0.5) is 0 Å². The van der Waals surface area contributed by atoms with Crippen molar-refractivity contribution >= 4 is 40.6 Å². The monoisotopic (exact) mass is 440 g/mol. The van der Waals surface area contributed by atoms with E-state index in [0.717, 1.165) is 12.8 Å². The van der Waals surface area contributed by atoms with Crippen LogP contribution in [0.25, 0.3) is 5.57 Å². The number of benzene rings is 1. The Hall–Kier alpha value is -1.60. The fraction of sp³-hybridized carbons (Fsp3) is 0.524. The van der Waals surface area contributed by atoms with Gasteiger partial charge in [0.15, 0.2) is 0 Å². The zero-order valence-electron chi connectivity index (χ0n) is 16.6. The summed E-state index contributed by atoms with van der Waals surface area (Å²) in [6, 6.07) is 4.96. The number of unbranched alkanes of at least 4 members (excludes halogenated alkanes) is 1. The molecule has 1 fully saturated rings. The summed E-state index contributed by atoms with van der Waals surface area (Å²) in [5, 5.41) is 0.828. The summed E-state index contributed by atoms with van der Waals surface area (Å²) >= 11 is 12.4. The van der Waals surface area contributed by atoms with Gasteiger partial charge in [0, 0.05) is 43.4 Å². The van der Waals surface area contributed by atoms with Crippen molar-refractivity contribution in [3.63, 3.8) is 0 Å². The summed E-state index contributed by atoms with van der Waals surface area (Å²) < 4.78 is 11.0. The van der Waals surface area contributed by atoms with Crippen molar-refractivity contribution < 1.29 is 19.1 Å². The number of ether oxygens (including phenoxy) is 2. The van der Waals surface area contributed by atoms with Gasteiger partial charge in [0.25, 0.3) is 11.8 Å². The maximum Gasteiger partial charge on any atom is 0.277 e. The van der Waals surface area contributed by atoms with Gasteiger partial charge in [0.05, 0.1) is 23.8 Å². The van der Waals surface area contributed by atoms with Crippen molar-refractivity contribution in [2.45, 2.75) is 26.2 Å². The number of morpholine rings is 1. The molecule has 0 unspecified atom stereocenters. The van der Waals surface area contributed by atoms with Gasteiger partial charge in [-0.3, -0.25) is 14.5 Å². The van der Waals surface area contributed by atoms with E-state index in [9.17, 15) is 9.59 Å². The molecule has 1 aromatic carbocycles. The quantitative estimate of drug-likeness (QED) is 0.433. The standard InChI is InChI=1S/C21H26Cl2N2O4/c1-2-3-10-28-11-4-7-25-20(26)18(16-6-5-15(22)14-17(16)23)19(21(25)27)24-8-12-29-13-9-24/h5-6,14H,2-4,7-13H2,1H3. The fourth-order valence-electron chi connectivity index (χ4n) is 3.45. The van der Waals surface area contributed by atoms with Crippen LogP contribution in [0, 0.1) is 0 Å². The maximum atomic E-state index is 13.2. The molecule has 0 N–H and O–H groups in total. The molecule has 2 heterocycles. The number of nitrogens with zero attached hydrogens (tertiary/aromatic N) is 2. The number of hydrogen-bond donors (Lipinski definition) is 0. The van der Waals surface area contributed by atoms with Crippen molar-refractivity contribution in [3.8, 4) is 0 Å². The number of halogens is 2. The molecule has 0 atom stereocenters. The first-order chi connectivity index (χ1) is 14.0. The fourth-order valence-corrected chi connectivity index (χ4v) is 3.96. The topological polar surface area (TPSA) is 59.1 Å². The highest BCUT2D eigenvalue weighted by Gasteiger charge is 2.42. The summed E-state index contributed by atoms with van der Waals surface area (Å²) in [7, 11) is 0. The van der Waals surface area contributed by atoms with E-state index in [4.69, 9.17) is 32.7 Å². The highest BCUT2D eigenvalue weighted by atomic mass is 35.5. The molecule has 0 saturated carbocycles. The molecule has 3 rings (SSSR count). The molecule has 0 bridgehead atoms. The smallest absolute Gasteiger partial charge is 0.277 e. The summed E-state index contributed by atoms with van der Waals surface area (Å²) in [4.78, 5) is 29.6. The first-order valence-corrected chi connectivity index (χ1v) is 10.8. The molecule has 0 aromatic heterocycles. The van der Waals surface area contributed by atoms with Crippen LogP contribution < -0.4 is 0 Å². The SMILES string of the molecule is CCCCOCCCN1C(=O)C(c2ccc(Cl)cc2Cl)=C(N2CCOCC2)C1=O.